The summed E-state index contributed by atoms with van der Waals surface area (Å²) in [4.78, 5) is 43.3. The molecule has 0 bridgehead atoms. The summed E-state index contributed by atoms with van der Waals surface area (Å²) in [6.45, 7) is 15.8. The Morgan fingerprint density at radius 2 is 1.58 bits per heavy atom. The Hall–Kier alpha value is -3.55. The molecule has 2 aromatic carbocycles. The molecule has 3 N–H and O–H groups in total. The first kappa shape index (κ1) is 35.6. The SMILES string of the molecule is CCCCCCN(C(=O)C(Cc1ccc(O)cc1)NC(=O)OC(C)(C)C)C(C(=O)NC(C)CCC)c1ccc(C)c(C)c1. The van der Waals surface area contributed by atoms with Gasteiger partial charge in [0.15, 0.2) is 0 Å². The number of aryl methyl sites for hydroxylation is 2. The summed E-state index contributed by atoms with van der Waals surface area (Å²) in [5, 5.41) is 15.7. The Labute approximate surface area is 258 Å². The summed E-state index contributed by atoms with van der Waals surface area (Å²) in [5.74, 6) is -0.498. The van der Waals surface area contributed by atoms with Gasteiger partial charge >= 0.3 is 6.09 Å². The summed E-state index contributed by atoms with van der Waals surface area (Å²) < 4.78 is 5.53. The first-order valence-electron chi connectivity index (χ1n) is 15.7. The minimum Gasteiger partial charge on any atom is -0.508 e. The lowest BCUT2D eigenvalue weighted by Gasteiger charge is -2.35. The van der Waals surface area contributed by atoms with Gasteiger partial charge in [-0.05, 0) is 88.8 Å². The third-order valence-electron chi connectivity index (χ3n) is 7.42. The number of nitrogens with one attached hydrogen (secondary N) is 2. The van der Waals surface area contributed by atoms with E-state index in [1.165, 1.54) is 0 Å². The second kappa shape index (κ2) is 16.9. The van der Waals surface area contributed by atoms with Crippen molar-refractivity contribution in [1.82, 2.24) is 15.5 Å². The van der Waals surface area contributed by atoms with E-state index in [2.05, 4.69) is 24.5 Å². The average Bonchev–Trinajstić information content (AvgIpc) is 2.91. The van der Waals surface area contributed by atoms with E-state index in [4.69, 9.17) is 4.74 Å². The molecule has 0 radical (unpaired) electrons. The van der Waals surface area contributed by atoms with E-state index in [0.29, 0.717) is 6.54 Å². The number of aromatic hydroxyl groups is 1. The molecule has 2 aromatic rings. The minimum atomic E-state index is -1.000. The molecule has 8 nitrogen and oxygen atoms in total. The van der Waals surface area contributed by atoms with Crippen LogP contribution in [0.15, 0.2) is 42.5 Å². The highest BCUT2D eigenvalue weighted by Gasteiger charge is 2.36. The Morgan fingerprint density at radius 3 is 2.16 bits per heavy atom. The largest absolute Gasteiger partial charge is 0.508 e. The van der Waals surface area contributed by atoms with Crippen LogP contribution in [-0.2, 0) is 20.7 Å². The molecule has 0 aliphatic heterocycles. The monoisotopic (exact) mass is 595 g/mol. The van der Waals surface area contributed by atoms with Crippen LogP contribution in [0.5, 0.6) is 5.75 Å². The van der Waals surface area contributed by atoms with Gasteiger partial charge < -0.3 is 25.4 Å². The smallest absolute Gasteiger partial charge is 0.408 e. The normalized spacial score (nSPS) is 13.5. The number of alkyl carbamates (subject to hydrolysis) is 1. The molecule has 0 aliphatic rings. The van der Waals surface area contributed by atoms with E-state index in [1.807, 2.05) is 39.0 Å². The number of nitrogens with zero attached hydrogens (tertiary/aromatic N) is 1. The molecular formula is C35H53N3O5. The van der Waals surface area contributed by atoms with Crippen LogP contribution in [0.3, 0.4) is 0 Å². The number of phenols is 1. The van der Waals surface area contributed by atoms with Gasteiger partial charge in [0.2, 0.25) is 11.8 Å². The van der Waals surface area contributed by atoms with Crippen LogP contribution in [0.25, 0.3) is 0 Å². The predicted molar refractivity (Wildman–Crippen MR) is 172 cm³/mol. The number of hydrogen-bond acceptors (Lipinski definition) is 5. The molecular weight excluding hydrogens is 542 g/mol. The number of unbranched alkanes of at least 4 members (excludes halogenated alkanes) is 3. The van der Waals surface area contributed by atoms with Crippen LogP contribution < -0.4 is 10.6 Å². The van der Waals surface area contributed by atoms with Gasteiger partial charge in [-0.15, -0.1) is 0 Å². The molecule has 0 aromatic heterocycles. The lowest BCUT2D eigenvalue weighted by molar-refractivity contribution is -0.142. The number of benzene rings is 2. The number of phenolic OH excluding ortho intramolecular Hbond substituents is 1. The fraction of sp³-hybridized carbons (Fsp3) is 0.571. The van der Waals surface area contributed by atoms with Gasteiger partial charge in [0.1, 0.15) is 23.4 Å². The van der Waals surface area contributed by atoms with Crippen molar-refractivity contribution in [3.05, 3.63) is 64.7 Å². The van der Waals surface area contributed by atoms with Crippen molar-refractivity contribution in [2.24, 2.45) is 0 Å². The Bertz CT molecular complexity index is 1190. The topological polar surface area (TPSA) is 108 Å². The lowest BCUT2D eigenvalue weighted by Crippen LogP contribution is -2.54. The lowest BCUT2D eigenvalue weighted by atomic mass is 9.96. The first-order chi connectivity index (χ1) is 20.2. The zero-order valence-electron chi connectivity index (χ0n) is 27.5. The second-order valence-electron chi connectivity index (χ2n) is 12.6. The molecule has 0 fully saturated rings. The fourth-order valence-electron chi connectivity index (χ4n) is 5.03. The first-order valence-corrected chi connectivity index (χ1v) is 15.7. The molecule has 2 rings (SSSR count). The van der Waals surface area contributed by atoms with E-state index < -0.39 is 23.8 Å². The van der Waals surface area contributed by atoms with E-state index in [9.17, 15) is 19.5 Å². The van der Waals surface area contributed by atoms with Crippen LogP contribution in [0.2, 0.25) is 0 Å². The number of carbonyl (C=O) groups is 3. The second-order valence-corrected chi connectivity index (χ2v) is 12.6. The molecule has 238 valence electrons. The zero-order valence-corrected chi connectivity index (χ0v) is 27.5. The van der Waals surface area contributed by atoms with Gasteiger partial charge in [0, 0.05) is 19.0 Å². The van der Waals surface area contributed by atoms with E-state index in [1.54, 1.807) is 49.9 Å². The molecule has 0 heterocycles. The zero-order chi connectivity index (χ0) is 32.2. The van der Waals surface area contributed by atoms with E-state index in [-0.39, 0.29) is 30.0 Å². The van der Waals surface area contributed by atoms with Gasteiger partial charge in [-0.25, -0.2) is 4.79 Å². The summed E-state index contributed by atoms with van der Waals surface area (Å²) in [6, 6.07) is 10.5. The van der Waals surface area contributed by atoms with Crippen LogP contribution >= 0.6 is 0 Å². The van der Waals surface area contributed by atoms with E-state index >= 15 is 0 Å². The molecule has 43 heavy (non-hydrogen) atoms. The summed E-state index contributed by atoms with van der Waals surface area (Å²) >= 11 is 0. The van der Waals surface area contributed by atoms with Gasteiger partial charge in [-0.3, -0.25) is 9.59 Å². The number of hydrogen-bond donors (Lipinski definition) is 3. The van der Waals surface area contributed by atoms with Crippen molar-refractivity contribution in [2.45, 2.75) is 124 Å². The van der Waals surface area contributed by atoms with E-state index in [0.717, 1.165) is 60.8 Å². The summed E-state index contributed by atoms with van der Waals surface area (Å²) in [7, 11) is 0. The maximum Gasteiger partial charge on any atom is 0.408 e. The number of ether oxygens (including phenoxy) is 1. The predicted octanol–water partition coefficient (Wildman–Crippen LogP) is 6.90. The standard InChI is InChI=1S/C35H53N3O5/c1-9-11-12-13-21-38(31(32(40)36-26(5)14-10-2)28-18-15-24(3)25(4)22-28)33(41)30(37-34(42)43-35(6,7)8)23-27-16-19-29(39)20-17-27/h15-20,22,26,30-31,39H,9-14,21,23H2,1-8H3,(H,36,40)(H,37,42). The number of rotatable bonds is 15. The molecule has 0 spiro atoms. The maximum atomic E-state index is 14.6. The van der Waals surface area contributed by atoms with Gasteiger partial charge in [0.05, 0.1) is 0 Å². The van der Waals surface area contributed by atoms with Crippen LogP contribution in [0.1, 0.15) is 108 Å². The van der Waals surface area contributed by atoms with Gasteiger partial charge in [-0.2, -0.15) is 0 Å². The minimum absolute atomic E-state index is 0.0590. The fourth-order valence-corrected chi connectivity index (χ4v) is 5.03. The molecule has 3 amide bonds. The van der Waals surface area contributed by atoms with Crippen molar-refractivity contribution in [3.63, 3.8) is 0 Å². The highest BCUT2D eigenvalue weighted by atomic mass is 16.6. The van der Waals surface area contributed by atoms with Crippen molar-refractivity contribution >= 4 is 17.9 Å². The van der Waals surface area contributed by atoms with Crippen LogP contribution in [-0.4, -0.2) is 52.1 Å². The van der Waals surface area contributed by atoms with Crippen molar-refractivity contribution < 1.29 is 24.2 Å². The van der Waals surface area contributed by atoms with Crippen LogP contribution in [0.4, 0.5) is 4.79 Å². The molecule has 8 heteroatoms. The molecule has 0 aliphatic carbocycles. The van der Waals surface area contributed by atoms with Gasteiger partial charge in [-0.1, -0.05) is 69.9 Å². The third-order valence-corrected chi connectivity index (χ3v) is 7.42. The maximum absolute atomic E-state index is 14.6. The number of carbonyl (C=O) groups excluding carboxylic acids is 3. The molecule has 0 saturated carbocycles. The van der Waals surface area contributed by atoms with Crippen molar-refractivity contribution in [3.8, 4) is 5.75 Å². The Kier molecular flexibility index (Phi) is 14.0. The molecule has 3 unspecified atom stereocenters. The molecule has 0 saturated heterocycles. The molecule has 3 atom stereocenters. The highest BCUT2D eigenvalue weighted by molar-refractivity contribution is 5.92. The summed E-state index contributed by atoms with van der Waals surface area (Å²) in [5.41, 5.74) is 2.85. The van der Waals surface area contributed by atoms with Crippen molar-refractivity contribution in [1.29, 1.82) is 0 Å². The number of amides is 3. The highest BCUT2D eigenvalue weighted by Crippen LogP contribution is 2.27. The third kappa shape index (κ3) is 11.9. The quantitative estimate of drug-likeness (QED) is 0.194. The van der Waals surface area contributed by atoms with Gasteiger partial charge in [0.25, 0.3) is 0 Å². The average molecular weight is 596 g/mol. The van der Waals surface area contributed by atoms with Crippen molar-refractivity contribution in [2.75, 3.05) is 6.54 Å². The Morgan fingerprint density at radius 1 is 0.907 bits per heavy atom. The van der Waals surface area contributed by atoms with Crippen LogP contribution in [0, 0.1) is 13.8 Å². The Balaban J connectivity index is 2.60. The summed E-state index contributed by atoms with van der Waals surface area (Å²) in [6.07, 6.45) is 4.88.